The fourth-order valence-electron chi connectivity index (χ4n) is 3.76. The summed E-state index contributed by atoms with van der Waals surface area (Å²) in [5.41, 5.74) is 3.63. The van der Waals surface area contributed by atoms with Gasteiger partial charge in [0, 0.05) is 11.1 Å². The molecule has 4 rings (SSSR count). The Labute approximate surface area is 193 Å². The van der Waals surface area contributed by atoms with Gasteiger partial charge in [0.2, 0.25) is 0 Å². The van der Waals surface area contributed by atoms with Crippen LogP contribution in [0.15, 0.2) is 99.8 Å². The molecule has 0 saturated carbocycles. The van der Waals surface area contributed by atoms with E-state index in [4.69, 9.17) is 9.40 Å². The first-order valence-corrected chi connectivity index (χ1v) is 12.0. The van der Waals surface area contributed by atoms with Crippen LogP contribution in [-0.4, -0.2) is 21.2 Å². The van der Waals surface area contributed by atoms with Crippen LogP contribution in [-0.2, 0) is 0 Å². The van der Waals surface area contributed by atoms with Crippen molar-refractivity contribution in [1.82, 2.24) is 4.98 Å². The zero-order chi connectivity index (χ0) is 22.0. The van der Waals surface area contributed by atoms with E-state index in [9.17, 15) is 5.21 Å². The number of allylic oxidation sites excluding steroid dienone is 4. The first-order chi connectivity index (χ1) is 15.8. The number of hydrogen-bond acceptors (Lipinski definition) is 5. The smallest absolute Gasteiger partial charge is 0.257 e. The number of thioether (sulfide) groups is 1. The molecule has 1 heterocycles. The molecule has 164 valence electrons. The summed E-state index contributed by atoms with van der Waals surface area (Å²) in [7, 11) is 0. The molecule has 1 aromatic heterocycles. The van der Waals surface area contributed by atoms with Gasteiger partial charge in [-0.15, -0.1) is 0 Å². The summed E-state index contributed by atoms with van der Waals surface area (Å²) in [4.78, 5) is 4.88. The van der Waals surface area contributed by atoms with E-state index in [1.54, 1.807) is 11.8 Å². The summed E-state index contributed by atoms with van der Waals surface area (Å²) in [6.07, 6.45) is 14.4. The first kappa shape index (κ1) is 22.2. The number of benzene rings is 2. The largest absolute Gasteiger partial charge is 0.431 e. The molecule has 0 unspecified atom stereocenters. The van der Waals surface area contributed by atoms with Gasteiger partial charge in [-0.3, -0.25) is 0 Å². The van der Waals surface area contributed by atoms with Crippen molar-refractivity contribution in [2.45, 2.75) is 49.0 Å². The van der Waals surface area contributed by atoms with Crippen LogP contribution in [0.25, 0.3) is 22.6 Å². The number of oxazole rings is 1. The maximum Gasteiger partial charge on any atom is 0.257 e. The highest BCUT2D eigenvalue weighted by atomic mass is 32.2. The minimum absolute atomic E-state index is 0.00312. The fourth-order valence-corrected chi connectivity index (χ4v) is 4.83. The van der Waals surface area contributed by atoms with Crippen molar-refractivity contribution in [3.8, 4) is 22.6 Å². The molecule has 1 N–H and O–H groups in total. The van der Waals surface area contributed by atoms with Crippen molar-refractivity contribution < 1.29 is 9.62 Å². The number of rotatable bonds is 4. The van der Waals surface area contributed by atoms with Gasteiger partial charge in [-0.1, -0.05) is 102 Å². The van der Waals surface area contributed by atoms with E-state index >= 15 is 0 Å². The second-order valence-electron chi connectivity index (χ2n) is 7.72. The second-order valence-corrected chi connectivity index (χ2v) is 8.88. The highest BCUT2D eigenvalue weighted by Gasteiger charge is 2.23. The molecule has 2 aromatic carbocycles. The van der Waals surface area contributed by atoms with Gasteiger partial charge in [-0.05, 0) is 38.5 Å². The fraction of sp³-hybridized carbons (Fsp3) is 0.259. The monoisotopic (exact) mass is 444 g/mol. The quantitative estimate of drug-likeness (QED) is 0.254. The summed E-state index contributed by atoms with van der Waals surface area (Å²) in [5.74, 6) is 0.762. The highest BCUT2D eigenvalue weighted by Crippen LogP contribution is 2.38. The lowest BCUT2D eigenvalue weighted by Crippen LogP contribution is -2.17. The minimum Gasteiger partial charge on any atom is -0.431 e. The lowest BCUT2D eigenvalue weighted by atomic mass is 10.1. The topological polar surface area (TPSA) is 58.6 Å². The van der Waals surface area contributed by atoms with Crippen molar-refractivity contribution in [3.63, 3.8) is 0 Å². The average molecular weight is 445 g/mol. The Balaban J connectivity index is 1.65. The first-order valence-electron chi connectivity index (χ1n) is 11.1. The van der Waals surface area contributed by atoms with Crippen LogP contribution < -0.4 is 0 Å². The second kappa shape index (κ2) is 11.5. The average Bonchev–Trinajstić information content (AvgIpc) is 3.26. The van der Waals surface area contributed by atoms with E-state index in [1.165, 1.54) is 0 Å². The van der Waals surface area contributed by atoms with Gasteiger partial charge in [0.15, 0.2) is 5.76 Å². The van der Waals surface area contributed by atoms with E-state index in [-0.39, 0.29) is 5.25 Å². The maximum absolute atomic E-state index is 9.74. The van der Waals surface area contributed by atoms with Gasteiger partial charge in [0.1, 0.15) is 5.69 Å². The Morgan fingerprint density at radius 1 is 0.812 bits per heavy atom. The third-order valence-corrected chi connectivity index (χ3v) is 6.60. The molecule has 0 radical (unpaired) electrons. The van der Waals surface area contributed by atoms with Crippen LogP contribution in [0.2, 0.25) is 0 Å². The van der Waals surface area contributed by atoms with Crippen LogP contribution in [0.5, 0.6) is 0 Å². The molecule has 0 fully saturated rings. The normalized spacial score (nSPS) is 20.9. The lowest BCUT2D eigenvalue weighted by Gasteiger charge is -2.15. The summed E-state index contributed by atoms with van der Waals surface area (Å²) in [6.45, 7) is 0. The van der Waals surface area contributed by atoms with E-state index < -0.39 is 0 Å². The molecular formula is C27H28N2O2S. The third-order valence-electron chi connectivity index (χ3n) is 5.43. The number of hydrogen-bond donors (Lipinski definition) is 1. The standard InChI is InChI=1S/C27H28N2O2S/c30-29-23-19-13-5-3-1-2-4-6-14-20-24(23)32-27-28-25(21-15-9-7-10-16-21)26(31-27)22-17-11-8-12-18-22/h3-12,15-18,24,30H,1-2,13-14,19-20H2/b5-3+,6-4+,29-23-/t24-/m1/s1. The summed E-state index contributed by atoms with van der Waals surface area (Å²) in [6, 6.07) is 20.2. The molecule has 32 heavy (non-hydrogen) atoms. The zero-order valence-corrected chi connectivity index (χ0v) is 18.9. The van der Waals surface area contributed by atoms with E-state index in [1.807, 2.05) is 60.7 Å². The molecule has 0 spiro atoms. The molecule has 5 heteroatoms. The number of nitrogens with zero attached hydrogens (tertiary/aromatic N) is 2. The van der Waals surface area contributed by atoms with E-state index in [2.05, 4.69) is 29.5 Å². The molecule has 0 saturated heterocycles. The van der Waals surface area contributed by atoms with Crippen molar-refractivity contribution in [1.29, 1.82) is 0 Å². The Kier molecular flexibility index (Phi) is 7.99. The van der Waals surface area contributed by atoms with E-state index in [0.29, 0.717) is 5.22 Å². The van der Waals surface area contributed by atoms with Crippen molar-refractivity contribution in [3.05, 3.63) is 85.0 Å². The molecule has 0 amide bonds. The van der Waals surface area contributed by atoms with Crippen LogP contribution in [0.3, 0.4) is 0 Å². The summed E-state index contributed by atoms with van der Waals surface area (Å²) in [5, 5.41) is 14.0. The van der Waals surface area contributed by atoms with Crippen molar-refractivity contribution >= 4 is 17.5 Å². The molecule has 1 aliphatic carbocycles. The van der Waals surface area contributed by atoms with Gasteiger partial charge < -0.3 is 9.62 Å². The van der Waals surface area contributed by atoms with Crippen LogP contribution in [0, 0.1) is 0 Å². The minimum atomic E-state index is 0.00312. The predicted octanol–water partition coefficient (Wildman–Crippen LogP) is 7.77. The highest BCUT2D eigenvalue weighted by molar-refractivity contribution is 8.00. The Bertz CT molecular complexity index is 1010. The van der Waals surface area contributed by atoms with Gasteiger partial charge >= 0.3 is 0 Å². The Morgan fingerprint density at radius 3 is 2.12 bits per heavy atom. The van der Waals surface area contributed by atoms with Crippen molar-refractivity contribution in [2.75, 3.05) is 0 Å². The molecular weight excluding hydrogens is 416 g/mol. The molecule has 0 bridgehead atoms. The molecule has 3 aromatic rings. The maximum atomic E-state index is 9.74. The van der Waals surface area contributed by atoms with Gasteiger partial charge in [0.25, 0.3) is 5.22 Å². The molecule has 0 aliphatic heterocycles. The van der Waals surface area contributed by atoms with Crippen LogP contribution >= 0.6 is 11.8 Å². The molecule has 1 aliphatic rings. The van der Waals surface area contributed by atoms with Crippen LogP contribution in [0.1, 0.15) is 38.5 Å². The Hall–Kier alpha value is -3.05. The molecule has 4 nitrogen and oxygen atoms in total. The van der Waals surface area contributed by atoms with Gasteiger partial charge in [-0.2, -0.15) is 0 Å². The SMILES string of the molecule is O/N=C1/CC/C=C/CC/C=C/CC[C@H]1Sc1nc(-c2ccccc2)c(-c2ccccc2)o1. The summed E-state index contributed by atoms with van der Waals surface area (Å²) < 4.78 is 6.31. The summed E-state index contributed by atoms with van der Waals surface area (Å²) >= 11 is 1.55. The van der Waals surface area contributed by atoms with Crippen molar-refractivity contribution in [2.24, 2.45) is 5.16 Å². The third kappa shape index (κ3) is 5.80. The van der Waals surface area contributed by atoms with Gasteiger partial charge in [-0.25, -0.2) is 4.98 Å². The van der Waals surface area contributed by atoms with E-state index in [0.717, 1.165) is 66.8 Å². The number of oxime groups is 1. The Morgan fingerprint density at radius 2 is 1.44 bits per heavy atom. The van der Waals surface area contributed by atoms with Gasteiger partial charge in [0.05, 0.1) is 11.0 Å². The number of aromatic nitrogens is 1. The predicted molar refractivity (Wildman–Crippen MR) is 132 cm³/mol. The lowest BCUT2D eigenvalue weighted by molar-refractivity contribution is 0.316. The zero-order valence-electron chi connectivity index (χ0n) is 18.1. The van der Waals surface area contributed by atoms with Crippen LogP contribution in [0.4, 0.5) is 0 Å². The molecule has 1 atom stereocenters.